The van der Waals surface area contributed by atoms with Crippen LogP contribution in [0, 0.1) is 12.3 Å². The van der Waals surface area contributed by atoms with Crippen LogP contribution in [-0.2, 0) is 11.3 Å². The third-order valence-electron chi connectivity index (χ3n) is 4.81. The Kier molecular flexibility index (Phi) is 4.51. The van der Waals surface area contributed by atoms with Crippen LogP contribution in [0.1, 0.15) is 23.7 Å². The lowest BCUT2D eigenvalue weighted by molar-refractivity contribution is 0.0105. The van der Waals surface area contributed by atoms with Crippen molar-refractivity contribution in [1.29, 1.82) is 0 Å². The predicted octanol–water partition coefficient (Wildman–Crippen LogP) is 1.95. The smallest absolute Gasteiger partial charge is 0.318 e. The number of thiazole rings is 1. The number of anilines is 1. The molecule has 2 aromatic rings. The summed E-state index contributed by atoms with van der Waals surface area (Å²) in [4.78, 5) is 9.13. The second kappa shape index (κ2) is 6.78. The highest BCUT2D eigenvalue weighted by Crippen LogP contribution is 2.35. The molecule has 7 nitrogen and oxygen atoms in total. The SMILES string of the molecule is Cc1nnc(N2CCOCC3(CCCN(Cc4nccs4)C3)C2)o1. The molecule has 0 saturated carbocycles. The summed E-state index contributed by atoms with van der Waals surface area (Å²) in [6.45, 7) is 8.12. The van der Waals surface area contributed by atoms with E-state index < -0.39 is 0 Å². The maximum absolute atomic E-state index is 5.96. The van der Waals surface area contributed by atoms with Crippen molar-refractivity contribution in [3.05, 3.63) is 22.5 Å². The summed E-state index contributed by atoms with van der Waals surface area (Å²) in [5.74, 6) is 0.609. The third-order valence-corrected chi connectivity index (χ3v) is 5.57. The summed E-state index contributed by atoms with van der Waals surface area (Å²) in [7, 11) is 0. The van der Waals surface area contributed by atoms with Gasteiger partial charge in [-0.3, -0.25) is 4.90 Å². The van der Waals surface area contributed by atoms with Crippen LogP contribution in [0.15, 0.2) is 16.0 Å². The average Bonchev–Trinajstić information content (AvgIpc) is 3.18. The number of aryl methyl sites for hydroxylation is 1. The lowest BCUT2D eigenvalue weighted by atomic mass is 9.80. The molecule has 8 heteroatoms. The number of hydrogen-bond acceptors (Lipinski definition) is 8. The number of nitrogens with zero attached hydrogens (tertiary/aromatic N) is 5. The van der Waals surface area contributed by atoms with Gasteiger partial charge in [0.1, 0.15) is 5.01 Å². The van der Waals surface area contributed by atoms with Crippen molar-refractivity contribution in [1.82, 2.24) is 20.1 Å². The van der Waals surface area contributed by atoms with Crippen molar-refractivity contribution in [3.8, 4) is 0 Å². The molecule has 1 atom stereocenters. The molecule has 0 N–H and O–H groups in total. The molecule has 2 aromatic heterocycles. The fourth-order valence-electron chi connectivity index (χ4n) is 3.78. The van der Waals surface area contributed by atoms with Gasteiger partial charge in [0.15, 0.2) is 0 Å². The van der Waals surface area contributed by atoms with Crippen molar-refractivity contribution in [3.63, 3.8) is 0 Å². The number of piperidine rings is 1. The van der Waals surface area contributed by atoms with E-state index in [-0.39, 0.29) is 5.41 Å². The van der Waals surface area contributed by atoms with Gasteiger partial charge in [-0.15, -0.1) is 16.4 Å². The standard InChI is InChI=1S/C16H23N5O2S/c1-13-18-19-15(23-13)21-6-7-22-12-16(11-21)3-2-5-20(10-16)9-14-17-4-8-24-14/h4,8H,2-3,5-7,9-12H2,1H3. The zero-order chi connectivity index (χ0) is 16.4. The Hall–Kier alpha value is -1.51. The van der Waals surface area contributed by atoms with Crippen molar-refractivity contribution < 1.29 is 9.15 Å². The van der Waals surface area contributed by atoms with Crippen molar-refractivity contribution >= 4 is 17.4 Å². The summed E-state index contributed by atoms with van der Waals surface area (Å²) in [6.07, 6.45) is 4.24. The molecular weight excluding hydrogens is 326 g/mol. The average molecular weight is 349 g/mol. The Morgan fingerprint density at radius 1 is 1.29 bits per heavy atom. The van der Waals surface area contributed by atoms with E-state index in [2.05, 4.69) is 25.0 Å². The van der Waals surface area contributed by atoms with Crippen LogP contribution in [0.25, 0.3) is 0 Å². The number of hydrogen-bond donors (Lipinski definition) is 0. The molecule has 2 saturated heterocycles. The Balaban J connectivity index is 1.49. The van der Waals surface area contributed by atoms with E-state index in [4.69, 9.17) is 9.15 Å². The lowest BCUT2D eigenvalue weighted by Gasteiger charge is -2.43. The first kappa shape index (κ1) is 16.0. The Morgan fingerprint density at radius 3 is 3.04 bits per heavy atom. The molecule has 130 valence electrons. The Labute approximate surface area is 145 Å². The highest BCUT2D eigenvalue weighted by Gasteiger charge is 2.40. The van der Waals surface area contributed by atoms with Crippen molar-refractivity contribution in [2.24, 2.45) is 5.41 Å². The van der Waals surface area contributed by atoms with Crippen molar-refractivity contribution in [2.75, 3.05) is 44.3 Å². The Bertz CT molecular complexity index is 661. The molecule has 0 bridgehead atoms. The molecule has 0 aliphatic carbocycles. The van der Waals surface area contributed by atoms with Gasteiger partial charge < -0.3 is 14.1 Å². The molecule has 0 aromatic carbocycles. The monoisotopic (exact) mass is 349 g/mol. The zero-order valence-corrected chi connectivity index (χ0v) is 14.8. The van der Waals surface area contributed by atoms with E-state index in [1.165, 1.54) is 17.8 Å². The quantitative estimate of drug-likeness (QED) is 0.839. The fraction of sp³-hybridized carbons (Fsp3) is 0.688. The van der Waals surface area contributed by atoms with Crippen LogP contribution in [0.4, 0.5) is 6.01 Å². The van der Waals surface area contributed by atoms with Crippen LogP contribution in [0.3, 0.4) is 0 Å². The molecule has 0 amide bonds. The zero-order valence-electron chi connectivity index (χ0n) is 14.0. The molecule has 1 unspecified atom stereocenters. The molecule has 2 aliphatic heterocycles. The van der Waals surface area contributed by atoms with E-state index in [9.17, 15) is 0 Å². The number of ether oxygens (including phenoxy) is 1. The molecule has 1 spiro atoms. The largest absolute Gasteiger partial charge is 0.408 e. The van der Waals surface area contributed by atoms with Crippen molar-refractivity contribution in [2.45, 2.75) is 26.3 Å². The van der Waals surface area contributed by atoms with E-state index in [0.717, 1.165) is 39.3 Å². The van der Waals surface area contributed by atoms with Crippen LogP contribution in [-0.4, -0.2) is 59.5 Å². The predicted molar refractivity (Wildman–Crippen MR) is 91.1 cm³/mol. The van der Waals surface area contributed by atoms with Crippen LogP contribution in [0.2, 0.25) is 0 Å². The fourth-order valence-corrected chi connectivity index (χ4v) is 4.44. The van der Waals surface area contributed by atoms with Gasteiger partial charge in [-0.1, -0.05) is 5.10 Å². The highest BCUT2D eigenvalue weighted by atomic mass is 32.1. The van der Waals surface area contributed by atoms with Gasteiger partial charge in [0.05, 0.1) is 19.8 Å². The highest BCUT2D eigenvalue weighted by molar-refractivity contribution is 7.09. The number of likely N-dealkylation sites (tertiary alicyclic amines) is 1. The van der Waals surface area contributed by atoms with Gasteiger partial charge in [-0.2, -0.15) is 0 Å². The first-order valence-electron chi connectivity index (χ1n) is 8.46. The van der Waals surface area contributed by atoms with Gasteiger partial charge in [0.2, 0.25) is 5.89 Å². The lowest BCUT2D eigenvalue weighted by Crippen LogP contribution is -2.50. The minimum Gasteiger partial charge on any atom is -0.408 e. The molecular formula is C16H23N5O2S. The minimum atomic E-state index is 0.119. The number of aromatic nitrogens is 3. The van der Waals surface area contributed by atoms with Gasteiger partial charge in [-0.25, -0.2) is 4.98 Å². The first-order valence-corrected chi connectivity index (χ1v) is 9.34. The molecule has 0 radical (unpaired) electrons. The summed E-state index contributed by atoms with van der Waals surface area (Å²) in [5, 5.41) is 11.4. The number of rotatable bonds is 3. The molecule has 2 aliphatic rings. The van der Waals surface area contributed by atoms with Gasteiger partial charge in [0, 0.05) is 43.5 Å². The normalized spacial score (nSPS) is 26.0. The second-order valence-corrected chi connectivity index (χ2v) is 7.80. The van der Waals surface area contributed by atoms with E-state index in [0.29, 0.717) is 18.5 Å². The maximum atomic E-state index is 5.96. The third kappa shape index (κ3) is 3.45. The summed E-state index contributed by atoms with van der Waals surface area (Å²) < 4.78 is 11.6. The Morgan fingerprint density at radius 2 is 2.25 bits per heavy atom. The van der Waals surface area contributed by atoms with Crippen LogP contribution < -0.4 is 4.90 Å². The van der Waals surface area contributed by atoms with Gasteiger partial charge in [-0.05, 0) is 19.4 Å². The molecule has 4 rings (SSSR count). The summed E-state index contributed by atoms with van der Waals surface area (Å²) in [5.41, 5.74) is 0.119. The van der Waals surface area contributed by atoms with E-state index in [1.54, 1.807) is 11.3 Å². The summed E-state index contributed by atoms with van der Waals surface area (Å²) in [6, 6.07) is 0.620. The van der Waals surface area contributed by atoms with E-state index in [1.807, 2.05) is 18.5 Å². The first-order chi connectivity index (χ1) is 11.7. The maximum Gasteiger partial charge on any atom is 0.318 e. The van der Waals surface area contributed by atoms with Crippen LogP contribution in [0.5, 0.6) is 0 Å². The van der Waals surface area contributed by atoms with Gasteiger partial charge in [0.25, 0.3) is 0 Å². The molecule has 4 heterocycles. The van der Waals surface area contributed by atoms with Crippen LogP contribution >= 0.6 is 11.3 Å². The minimum absolute atomic E-state index is 0.119. The summed E-state index contributed by atoms with van der Waals surface area (Å²) >= 11 is 1.73. The van der Waals surface area contributed by atoms with Gasteiger partial charge >= 0.3 is 6.01 Å². The second-order valence-electron chi connectivity index (χ2n) is 6.82. The molecule has 24 heavy (non-hydrogen) atoms. The van der Waals surface area contributed by atoms with E-state index >= 15 is 0 Å². The topological polar surface area (TPSA) is 67.5 Å². The molecule has 2 fully saturated rings.